The highest BCUT2D eigenvalue weighted by Gasteiger charge is 2.17. The van der Waals surface area contributed by atoms with Gasteiger partial charge in [0.1, 0.15) is 0 Å². The van der Waals surface area contributed by atoms with E-state index in [1.807, 2.05) is 0 Å². The summed E-state index contributed by atoms with van der Waals surface area (Å²) in [6.45, 7) is 3.86. The highest BCUT2D eigenvalue weighted by Crippen LogP contribution is 2.18. The topological polar surface area (TPSA) is 27.7 Å². The van der Waals surface area contributed by atoms with Crippen LogP contribution in [0.5, 0.6) is 0 Å². The van der Waals surface area contributed by atoms with Gasteiger partial charge in [-0.15, -0.1) is 0 Å². The molecular formula is C16H30O3. The van der Waals surface area contributed by atoms with E-state index < -0.39 is 0 Å². The van der Waals surface area contributed by atoms with Crippen LogP contribution in [-0.2, 0) is 14.2 Å². The molecule has 0 spiro atoms. The molecule has 2 heterocycles. The Morgan fingerprint density at radius 1 is 0.684 bits per heavy atom. The molecule has 0 N–H and O–H groups in total. The summed E-state index contributed by atoms with van der Waals surface area (Å²) in [4.78, 5) is 0. The van der Waals surface area contributed by atoms with Crippen LogP contribution >= 0.6 is 0 Å². The normalized spacial score (nSPS) is 25.9. The van der Waals surface area contributed by atoms with Crippen LogP contribution in [0.1, 0.15) is 64.2 Å². The van der Waals surface area contributed by atoms with Crippen molar-refractivity contribution in [2.45, 2.75) is 76.4 Å². The van der Waals surface area contributed by atoms with Gasteiger partial charge in [-0.25, -0.2) is 0 Å². The second kappa shape index (κ2) is 9.73. The minimum Gasteiger partial charge on any atom is -0.381 e. The summed E-state index contributed by atoms with van der Waals surface area (Å²) in [5.41, 5.74) is 0. The first-order chi connectivity index (χ1) is 9.45. The highest BCUT2D eigenvalue weighted by atomic mass is 16.5. The maximum Gasteiger partial charge on any atom is 0.0597 e. The predicted octanol–water partition coefficient (Wildman–Crippen LogP) is 3.70. The molecule has 19 heavy (non-hydrogen) atoms. The summed E-state index contributed by atoms with van der Waals surface area (Å²) in [5.74, 6) is 0. The van der Waals surface area contributed by atoms with E-state index >= 15 is 0 Å². The summed E-state index contributed by atoms with van der Waals surface area (Å²) >= 11 is 0. The van der Waals surface area contributed by atoms with E-state index in [1.54, 1.807) is 0 Å². The SMILES string of the molecule is C(CCOCCCCCC1CCO1)CCC1CCO1. The van der Waals surface area contributed by atoms with Gasteiger partial charge in [-0.05, 0) is 38.5 Å². The summed E-state index contributed by atoms with van der Waals surface area (Å²) in [7, 11) is 0. The van der Waals surface area contributed by atoms with E-state index in [2.05, 4.69) is 0 Å². The quantitative estimate of drug-likeness (QED) is 0.506. The molecule has 0 aromatic heterocycles. The average molecular weight is 270 g/mol. The zero-order chi connectivity index (χ0) is 13.2. The van der Waals surface area contributed by atoms with Gasteiger partial charge in [0, 0.05) is 26.4 Å². The Bertz CT molecular complexity index is 190. The van der Waals surface area contributed by atoms with E-state index in [0.717, 1.165) is 26.4 Å². The number of rotatable bonds is 12. The molecule has 2 fully saturated rings. The lowest BCUT2D eigenvalue weighted by molar-refractivity contribution is -0.0558. The van der Waals surface area contributed by atoms with Crippen LogP contribution in [0.3, 0.4) is 0 Å². The van der Waals surface area contributed by atoms with Gasteiger partial charge in [0.05, 0.1) is 12.2 Å². The summed E-state index contributed by atoms with van der Waals surface area (Å²) < 4.78 is 16.5. The summed E-state index contributed by atoms with van der Waals surface area (Å²) in [5, 5.41) is 0. The summed E-state index contributed by atoms with van der Waals surface area (Å²) in [6.07, 6.45) is 13.8. The van der Waals surface area contributed by atoms with E-state index in [0.29, 0.717) is 12.2 Å². The summed E-state index contributed by atoms with van der Waals surface area (Å²) in [6, 6.07) is 0. The van der Waals surface area contributed by atoms with Gasteiger partial charge in [-0.2, -0.15) is 0 Å². The number of hydrogen-bond donors (Lipinski definition) is 0. The molecule has 2 saturated heterocycles. The molecule has 0 bridgehead atoms. The molecule has 0 radical (unpaired) electrons. The zero-order valence-electron chi connectivity index (χ0n) is 12.3. The van der Waals surface area contributed by atoms with Gasteiger partial charge in [-0.3, -0.25) is 0 Å². The highest BCUT2D eigenvalue weighted by molar-refractivity contribution is 4.66. The first-order valence-electron chi connectivity index (χ1n) is 8.26. The maximum absolute atomic E-state index is 5.67. The molecule has 0 amide bonds. The van der Waals surface area contributed by atoms with Crippen molar-refractivity contribution in [2.24, 2.45) is 0 Å². The van der Waals surface area contributed by atoms with Gasteiger partial charge in [0.15, 0.2) is 0 Å². The molecule has 3 heteroatoms. The lowest BCUT2D eigenvalue weighted by atomic mass is 10.1. The Balaban J connectivity index is 1.22. The monoisotopic (exact) mass is 270 g/mol. The first kappa shape index (κ1) is 15.3. The third-order valence-electron chi connectivity index (χ3n) is 4.22. The van der Waals surface area contributed by atoms with Crippen LogP contribution < -0.4 is 0 Å². The standard InChI is InChI=1S/C16H30O3/c1(3-7-15-9-13-18-15)5-11-17-12-6-2-4-8-16-10-14-19-16/h15-16H,1-14H2. The molecule has 2 unspecified atom stereocenters. The molecule has 0 saturated carbocycles. The molecule has 2 rings (SSSR count). The van der Waals surface area contributed by atoms with Crippen molar-refractivity contribution in [3.8, 4) is 0 Å². The van der Waals surface area contributed by atoms with Crippen LogP contribution in [0.4, 0.5) is 0 Å². The first-order valence-corrected chi connectivity index (χ1v) is 8.26. The molecule has 3 nitrogen and oxygen atoms in total. The van der Waals surface area contributed by atoms with E-state index in [9.17, 15) is 0 Å². The lowest BCUT2D eigenvalue weighted by Crippen LogP contribution is -2.26. The Labute approximate surface area is 118 Å². The molecule has 0 aliphatic carbocycles. The maximum atomic E-state index is 5.67. The molecule has 2 aliphatic rings. The van der Waals surface area contributed by atoms with Gasteiger partial charge in [0.2, 0.25) is 0 Å². The molecular weight excluding hydrogens is 240 g/mol. The second-order valence-corrected chi connectivity index (χ2v) is 5.87. The Morgan fingerprint density at radius 3 is 1.53 bits per heavy atom. The second-order valence-electron chi connectivity index (χ2n) is 5.87. The molecule has 2 aliphatic heterocycles. The molecule has 112 valence electrons. The fraction of sp³-hybridized carbons (Fsp3) is 1.00. The number of ether oxygens (including phenoxy) is 3. The lowest BCUT2D eigenvalue weighted by Gasteiger charge is -2.26. The molecule has 0 aromatic carbocycles. The predicted molar refractivity (Wildman–Crippen MR) is 76.5 cm³/mol. The van der Waals surface area contributed by atoms with Crippen LogP contribution in [0.2, 0.25) is 0 Å². The minimum absolute atomic E-state index is 0.584. The van der Waals surface area contributed by atoms with Crippen LogP contribution in [-0.4, -0.2) is 38.6 Å². The van der Waals surface area contributed by atoms with Gasteiger partial charge >= 0.3 is 0 Å². The third kappa shape index (κ3) is 6.73. The van der Waals surface area contributed by atoms with Crippen molar-refractivity contribution in [3.63, 3.8) is 0 Å². The van der Waals surface area contributed by atoms with Crippen molar-refractivity contribution in [1.82, 2.24) is 0 Å². The molecule has 0 aromatic rings. The zero-order valence-corrected chi connectivity index (χ0v) is 12.3. The van der Waals surface area contributed by atoms with E-state index in [1.165, 1.54) is 64.2 Å². The van der Waals surface area contributed by atoms with E-state index in [-0.39, 0.29) is 0 Å². The average Bonchev–Trinajstić information content (AvgIpc) is 2.30. The fourth-order valence-electron chi connectivity index (χ4n) is 2.63. The number of hydrogen-bond acceptors (Lipinski definition) is 3. The van der Waals surface area contributed by atoms with E-state index in [4.69, 9.17) is 14.2 Å². The van der Waals surface area contributed by atoms with Gasteiger partial charge < -0.3 is 14.2 Å². The largest absolute Gasteiger partial charge is 0.381 e. The van der Waals surface area contributed by atoms with Gasteiger partial charge in [-0.1, -0.05) is 25.7 Å². The smallest absolute Gasteiger partial charge is 0.0597 e. The van der Waals surface area contributed by atoms with Crippen LogP contribution in [0, 0.1) is 0 Å². The van der Waals surface area contributed by atoms with Crippen molar-refractivity contribution >= 4 is 0 Å². The minimum atomic E-state index is 0.584. The Morgan fingerprint density at radius 2 is 1.16 bits per heavy atom. The van der Waals surface area contributed by atoms with Crippen LogP contribution in [0.25, 0.3) is 0 Å². The fourth-order valence-corrected chi connectivity index (χ4v) is 2.63. The molecule has 2 atom stereocenters. The van der Waals surface area contributed by atoms with Gasteiger partial charge in [0.25, 0.3) is 0 Å². The van der Waals surface area contributed by atoms with Crippen molar-refractivity contribution in [2.75, 3.05) is 26.4 Å². The Hall–Kier alpha value is -0.120. The van der Waals surface area contributed by atoms with Crippen molar-refractivity contribution < 1.29 is 14.2 Å². The number of unbranched alkanes of at least 4 members (excludes halogenated alkanes) is 4. The third-order valence-corrected chi connectivity index (χ3v) is 4.22. The Kier molecular flexibility index (Phi) is 7.82. The van der Waals surface area contributed by atoms with Crippen LogP contribution in [0.15, 0.2) is 0 Å². The van der Waals surface area contributed by atoms with Crippen molar-refractivity contribution in [3.05, 3.63) is 0 Å². The van der Waals surface area contributed by atoms with Crippen molar-refractivity contribution in [1.29, 1.82) is 0 Å².